The van der Waals surface area contributed by atoms with Crippen LogP contribution >= 0.6 is 0 Å². The van der Waals surface area contributed by atoms with E-state index in [1.807, 2.05) is 0 Å². The SMILES string of the molecule is C[C@@H](NC(=O)c1cn([C@@]2(C3CC3)CCOC2)c(=O)cc1N[C@H]1[C@@H]2CN(C)C[C@@H]21)c1cccc(C(F)F)c1F. The summed E-state index contributed by atoms with van der Waals surface area (Å²) in [6.45, 7) is 4.46. The van der Waals surface area contributed by atoms with Crippen LogP contribution in [0.3, 0.4) is 0 Å². The molecule has 2 N–H and O–H groups in total. The molecule has 2 saturated carbocycles. The highest BCUT2D eigenvalue weighted by Gasteiger charge is 2.55. The smallest absolute Gasteiger partial charge is 0.266 e. The van der Waals surface area contributed by atoms with Gasteiger partial charge >= 0.3 is 0 Å². The zero-order valence-electron chi connectivity index (χ0n) is 21.6. The summed E-state index contributed by atoms with van der Waals surface area (Å²) in [7, 11) is 2.08. The van der Waals surface area contributed by atoms with Gasteiger partial charge in [0, 0.05) is 43.6 Å². The first-order chi connectivity index (χ1) is 18.2. The van der Waals surface area contributed by atoms with Crippen molar-refractivity contribution in [2.24, 2.45) is 17.8 Å². The van der Waals surface area contributed by atoms with Crippen LogP contribution in [0.2, 0.25) is 0 Å². The number of nitrogens with one attached hydrogen (secondary N) is 2. The highest BCUT2D eigenvalue weighted by Crippen LogP contribution is 2.49. The van der Waals surface area contributed by atoms with E-state index >= 15 is 0 Å². The van der Waals surface area contributed by atoms with Crippen LogP contribution in [0, 0.1) is 23.6 Å². The van der Waals surface area contributed by atoms with Crippen molar-refractivity contribution in [3.05, 3.63) is 63.3 Å². The summed E-state index contributed by atoms with van der Waals surface area (Å²) in [5.41, 5.74) is -0.646. The van der Waals surface area contributed by atoms with Crippen molar-refractivity contribution >= 4 is 11.6 Å². The number of benzene rings is 1. The first-order valence-electron chi connectivity index (χ1n) is 13.4. The quantitative estimate of drug-likeness (QED) is 0.542. The van der Waals surface area contributed by atoms with E-state index in [1.165, 1.54) is 18.2 Å². The number of likely N-dealkylation sites (tertiary alicyclic amines) is 1. The van der Waals surface area contributed by atoms with Gasteiger partial charge in [0.25, 0.3) is 17.9 Å². The summed E-state index contributed by atoms with van der Waals surface area (Å²) in [4.78, 5) is 29.4. The second-order valence-corrected chi connectivity index (χ2v) is 11.5. The monoisotopic (exact) mass is 530 g/mol. The number of nitrogens with zero attached hydrogens (tertiary/aromatic N) is 2. The van der Waals surface area contributed by atoms with Gasteiger partial charge in [0.2, 0.25) is 0 Å². The van der Waals surface area contributed by atoms with Gasteiger partial charge in [-0.3, -0.25) is 9.59 Å². The summed E-state index contributed by atoms with van der Waals surface area (Å²) in [5, 5.41) is 6.23. The minimum Gasteiger partial charge on any atom is -0.381 e. The molecule has 0 radical (unpaired) electrons. The van der Waals surface area contributed by atoms with E-state index in [1.54, 1.807) is 17.7 Å². The molecule has 2 aromatic rings. The second-order valence-electron chi connectivity index (χ2n) is 11.5. The van der Waals surface area contributed by atoms with Crippen LogP contribution in [0.5, 0.6) is 0 Å². The van der Waals surface area contributed by atoms with Crippen molar-refractivity contribution in [3.8, 4) is 0 Å². The Balaban J connectivity index is 1.33. The molecule has 2 aliphatic heterocycles. The van der Waals surface area contributed by atoms with Gasteiger partial charge < -0.3 is 24.8 Å². The Bertz CT molecular complexity index is 1290. The zero-order valence-corrected chi connectivity index (χ0v) is 21.6. The topological polar surface area (TPSA) is 75.6 Å². The van der Waals surface area contributed by atoms with Crippen LogP contribution in [-0.2, 0) is 10.3 Å². The highest BCUT2D eigenvalue weighted by molar-refractivity contribution is 5.99. The molecule has 1 aromatic heterocycles. The normalized spacial score (nSPS) is 29.4. The molecule has 0 spiro atoms. The molecular formula is C28H33F3N4O3. The number of ether oxygens (including phenoxy) is 1. The zero-order chi connectivity index (χ0) is 26.8. The number of carbonyl (C=O) groups is 1. The molecule has 5 atom stereocenters. The summed E-state index contributed by atoms with van der Waals surface area (Å²) >= 11 is 0. The molecule has 204 valence electrons. The first kappa shape index (κ1) is 25.4. The minimum atomic E-state index is -2.96. The Hall–Kier alpha value is -2.85. The number of pyridine rings is 1. The van der Waals surface area contributed by atoms with E-state index in [2.05, 4.69) is 22.6 Å². The van der Waals surface area contributed by atoms with Crippen LogP contribution in [0.4, 0.5) is 18.9 Å². The fourth-order valence-corrected chi connectivity index (χ4v) is 6.64. The number of halogens is 3. The Morgan fingerprint density at radius 1 is 1.18 bits per heavy atom. The van der Waals surface area contributed by atoms with Crippen LogP contribution in [0.15, 0.2) is 35.3 Å². The minimum absolute atomic E-state index is 0.0163. The molecule has 1 aromatic carbocycles. The third-order valence-electron chi connectivity index (χ3n) is 8.95. The molecule has 7 nitrogen and oxygen atoms in total. The number of amides is 1. The molecule has 4 fully saturated rings. The predicted molar refractivity (Wildman–Crippen MR) is 136 cm³/mol. The third kappa shape index (κ3) is 4.31. The van der Waals surface area contributed by atoms with Gasteiger partial charge in [-0.15, -0.1) is 0 Å². The number of hydrogen-bond donors (Lipinski definition) is 2. The Morgan fingerprint density at radius 2 is 1.89 bits per heavy atom. The molecule has 2 aliphatic carbocycles. The van der Waals surface area contributed by atoms with Gasteiger partial charge in [-0.2, -0.15) is 0 Å². The van der Waals surface area contributed by atoms with Gasteiger partial charge in [0.1, 0.15) is 5.82 Å². The number of hydrogen-bond acceptors (Lipinski definition) is 5. The van der Waals surface area contributed by atoms with E-state index in [0.29, 0.717) is 43.1 Å². The molecule has 38 heavy (non-hydrogen) atoms. The maximum Gasteiger partial charge on any atom is 0.266 e. The predicted octanol–water partition coefficient (Wildman–Crippen LogP) is 3.91. The molecule has 10 heteroatoms. The lowest BCUT2D eigenvalue weighted by Gasteiger charge is -2.31. The largest absolute Gasteiger partial charge is 0.381 e. The number of anilines is 1. The lowest BCUT2D eigenvalue weighted by atomic mass is 9.91. The molecule has 0 bridgehead atoms. The Kier molecular flexibility index (Phi) is 6.30. The first-order valence-corrected chi connectivity index (χ1v) is 13.4. The fraction of sp³-hybridized carbons (Fsp3) is 0.571. The van der Waals surface area contributed by atoms with Crippen LogP contribution in [0.1, 0.15) is 60.1 Å². The number of piperidine rings is 1. The summed E-state index contributed by atoms with van der Waals surface area (Å²) in [6, 6.07) is 4.61. The van der Waals surface area contributed by atoms with Crippen molar-refractivity contribution in [2.45, 2.75) is 50.2 Å². The van der Waals surface area contributed by atoms with E-state index < -0.39 is 35.3 Å². The van der Waals surface area contributed by atoms with Crippen LogP contribution in [-0.4, -0.2) is 54.8 Å². The average molecular weight is 531 g/mol. The lowest BCUT2D eigenvalue weighted by Crippen LogP contribution is -2.44. The summed E-state index contributed by atoms with van der Waals surface area (Å²) in [5.74, 6) is -0.275. The van der Waals surface area contributed by atoms with Crippen LogP contribution in [0.25, 0.3) is 0 Å². The Labute approximate surface area is 219 Å². The van der Waals surface area contributed by atoms with Gasteiger partial charge in [-0.05, 0) is 51.0 Å². The molecule has 6 rings (SSSR count). The third-order valence-corrected chi connectivity index (χ3v) is 8.95. The number of alkyl halides is 2. The summed E-state index contributed by atoms with van der Waals surface area (Å²) in [6.07, 6.45) is 1.38. The number of aromatic nitrogens is 1. The number of carbonyl (C=O) groups excluding carboxylic acids is 1. The van der Waals surface area contributed by atoms with Crippen molar-refractivity contribution in [1.29, 1.82) is 0 Å². The van der Waals surface area contributed by atoms with Gasteiger partial charge in [0.05, 0.1) is 35.0 Å². The Morgan fingerprint density at radius 3 is 2.53 bits per heavy atom. The number of fused-ring (bicyclic) bond motifs is 1. The van der Waals surface area contributed by atoms with E-state index in [9.17, 15) is 22.8 Å². The van der Waals surface area contributed by atoms with E-state index in [4.69, 9.17) is 4.74 Å². The van der Waals surface area contributed by atoms with Crippen LogP contribution < -0.4 is 16.2 Å². The van der Waals surface area contributed by atoms with Gasteiger partial charge in [-0.25, -0.2) is 13.2 Å². The molecule has 3 heterocycles. The molecular weight excluding hydrogens is 497 g/mol. The van der Waals surface area contributed by atoms with Crippen molar-refractivity contribution < 1.29 is 22.7 Å². The highest BCUT2D eigenvalue weighted by atomic mass is 19.3. The molecule has 0 unspecified atom stereocenters. The van der Waals surface area contributed by atoms with Crippen molar-refractivity contribution in [3.63, 3.8) is 0 Å². The summed E-state index contributed by atoms with van der Waals surface area (Å²) < 4.78 is 48.7. The molecule has 2 saturated heterocycles. The van der Waals surface area contributed by atoms with Crippen molar-refractivity contribution in [1.82, 2.24) is 14.8 Å². The van der Waals surface area contributed by atoms with E-state index in [-0.39, 0.29) is 22.7 Å². The second kappa shape index (κ2) is 9.41. The average Bonchev–Trinajstić information content (AvgIpc) is 3.72. The lowest BCUT2D eigenvalue weighted by molar-refractivity contribution is 0.0937. The van der Waals surface area contributed by atoms with Gasteiger partial charge in [0.15, 0.2) is 0 Å². The van der Waals surface area contributed by atoms with Crippen molar-refractivity contribution in [2.75, 3.05) is 38.7 Å². The molecule has 4 aliphatic rings. The maximum atomic E-state index is 14.8. The van der Waals surface area contributed by atoms with E-state index in [0.717, 1.165) is 32.0 Å². The fourth-order valence-electron chi connectivity index (χ4n) is 6.64. The standard InChI is InChI=1S/C28H33F3N4O3/c1-15(17-4-3-5-18(24(17)29)26(30)31)32-27(37)21-13-35(28(16-6-7-16)8-9-38-14-28)23(36)10-22(21)33-25-19-11-34(2)12-20(19)25/h3-5,10,13,15-16,19-20,25-26,33H,6-9,11-12,14H2,1-2H3,(H,32,37)/t15-,19-,20+,25+,28+/m1/s1. The number of rotatable bonds is 8. The molecule has 1 amide bonds. The van der Waals surface area contributed by atoms with Gasteiger partial charge in [-0.1, -0.05) is 18.2 Å². The maximum absolute atomic E-state index is 14.8.